The average molecular weight is 333 g/mol. The van der Waals surface area contributed by atoms with Crippen molar-refractivity contribution in [2.75, 3.05) is 32.8 Å². The van der Waals surface area contributed by atoms with Crippen molar-refractivity contribution < 1.29 is 19.2 Å². The van der Waals surface area contributed by atoms with Crippen LogP contribution in [0.4, 0.5) is 0 Å². The lowest BCUT2D eigenvalue weighted by molar-refractivity contribution is -0.897. The van der Waals surface area contributed by atoms with Gasteiger partial charge in [-0.2, -0.15) is 0 Å². The normalized spacial score (nSPS) is 21.8. The largest absolute Gasteiger partial charge is 0.466 e. The van der Waals surface area contributed by atoms with Crippen LogP contribution in [0, 0.1) is 5.92 Å². The topological polar surface area (TPSA) is 59.8 Å². The first-order valence-corrected chi connectivity index (χ1v) is 8.92. The van der Waals surface area contributed by atoms with Crippen LogP contribution in [0.3, 0.4) is 0 Å². The van der Waals surface area contributed by atoms with Crippen molar-refractivity contribution in [1.29, 1.82) is 0 Å². The Hall–Kier alpha value is -1.88. The molecular formula is C19H29N2O3+. The number of benzene rings is 1. The molecule has 1 aliphatic rings. The van der Waals surface area contributed by atoms with Crippen LogP contribution in [-0.4, -0.2) is 44.7 Å². The van der Waals surface area contributed by atoms with E-state index in [1.807, 2.05) is 25.1 Å². The van der Waals surface area contributed by atoms with Crippen LogP contribution in [0.1, 0.15) is 38.2 Å². The Bertz CT molecular complexity index is 525. The molecule has 0 saturated carbocycles. The van der Waals surface area contributed by atoms with Crippen molar-refractivity contribution in [2.24, 2.45) is 5.92 Å². The molecular weight excluding hydrogens is 304 g/mol. The third kappa shape index (κ3) is 5.64. The van der Waals surface area contributed by atoms with Crippen molar-refractivity contribution in [2.45, 2.75) is 32.6 Å². The van der Waals surface area contributed by atoms with Gasteiger partial charge < -0.3 is 15.0 Å². The number of ether oxygens (including phenoxy) is 1. The van der Waals surface area contributed by atoms with Gasteiger partial charge in [0.05, 0.1) is 25.6 Å². The Morgan fingerprint density at radius 1 is 1.25 bits per heavy atom. The molecule has 0 aliphatic carbocycles. The number of rotatable bonds is 7. The predicted molar refractivity (Wildman–Crippen MR) is 92.8 cm³/mol. The van der Waals surface area contributed by atoms with Crippen LogP contribution in [0.25, 0.3) is 0 Å². The van der Waals surface area contributed by atoms with Gasteiger partial charge in [-0.05, 0) is 18.4 Å². The van der Waals surface area contributed by atoms with Gasteiger partial charge in [-0.15, -0.1) is 0 Å². The lowest BCUT2D eigenvalue weighted by Gasteiger charge is -2.27. The molecule has 5 nitrogen and oxygen atoms in total. The Morgan fingerprint density at radius 3 is 2.54 bits per heavy atom. The van der Waals surface area contributed by atoms with E-state index in [1.54, 1.807) is 0 Å². The highest BCUT2D eigenvalue weighted by atomic mass is 16.5. The first-order valence-electron chi connectivity index (χ1n) is 8.92. The van der Waals surface area contributed by atoms with Gasteiger partial charge in [0.2, 0.25) is 0 Å². The zero-order valence-corrected chi connectivity index (χ0v) is 14.7. The highest BCUT2D eigenvalue weighted by Crippen LogP contribution is 2.13. The lowest BCUT2D eigenvalue weighted by atomic mass is 9.97. The molecule has 0 bridgehead atoms. The van der Waals surface area contributed by atoms with E-state index >= 15 is 0 Å². The first kappa shape index (κ1) is 18.5. The van der Waals surface area contributed by atoms with Gasteiger partial charge in [-0.25, -0.2) is 0 Å². The summed E-state index contributed by atoms with van der Waals surface area (Å²) in [6.07, 6.45) is 1.61. The first-order chi connectivity index (χ1) is 11.6. The summed E-state index contributed by atoms with van der Waals surface area (Å²) in [5.74, 6) is 0.314. The second kappa shape index (κ2) is 9.42. The summed E-state index contributed by atoms with van der Waals surface area (Å²) in [6, 6.07) is 10.2. The summed E-state index contributed by atoms with van der Waals surface area (Å²) in [6.45, 7) is 7.23. The van der Waals surface area contributed by atoms with E-state index in [0.717, 1.165) is 25.9 Å². The smallest absolute Gasteiger partial charge is 0.309 e. The minimum absolute atomic E-state index is 0.00913. The molecule has 132 valence electrons. The van der Waals surface area contributed by atoms with Crippen molar-refractivity contribution in [1.82, 2.24) is 5.32 Å². The maximum atomic E-state index is 12.1. The number of piperidine rings is 1. The van der Waals surface area contributed by atoms with Crippen LogP contribution in [-0.2, 0) is 14.3 Å². The van der Waals surface area contributed by atoms with Gasteiger partial charge in [-0.3, -0.25) is 9.59 Å². The number of nitrogens with one attached hydrogen (secondary N) is 2. The van der Waals surface area contributed by atoms with Crippen LogP contribution in [0.2, 0.25) is 0 Å². The molecule has 2 N–H and O–H groups in total. The fourth-order valence-electron chi connectivity index (χ4n) is 3.15. The third-order valence-electron chi connectivity index (χ3n) is 4.70. The molecule has 1 amide bonds. The number of amides is 1. The maximum Gasteiger partial charge on any atom is 0.309 e. The monoisotopic (exact) mass is 333 g/mol. The molecule has 1 fully saturated rings. The van der Waals surface area contributed by atoms with E-state index in [9.17, 15) is 9.59 Å². The van der Waals surface area contributed by atoms with E-state index in [1.165, 1.54) is 10.5 Å². The molecule has 0 aromatic heterocycles. The summed E-state index contributed by atoms with van der Waals surface area (Å²) < 4.78 is 5.08. The molecule has 1 saturated heterocycles. The van der Waals surface area contributed by atoms with E-state index in [-0.39, 0.29) is 17.8 Å². The summed E-state index contributed by atoms with van der Waals surface area (Å²) in [5.41, 5.74) is 1.24. The van der Waals surface area contributed by atoms with E-state index in [0.29, 0.717) is 25.6 Å². The van der Waals surface area contributed by atoms with Gasteiger partial charge in [0, 0.05) is 19.4 Å². The number of likely N-dealkylation sites (tertiary alicyclic amines) is 1. The van der Waals surface area contributed by atoms with Gasteiger partial charge >= 0.3 is 5.97 Å². The summed E-state index contributed by atoms with van der Waals surface area (Å²) in [5, 5.41) is 3.03. The number of hydrogen-bond acceptors (Lipinski definition) is 3. The van der Waals surface area contributed by atoms with Crippen LogP contribution >= 0.6 is 0 Å². The molecule has 0 unspecified atom stereocenters. The van der Waals surface area contributed by atoms with Gasteiger partial charge in [0.15, 0.2) is 6.54 Å². The number of carbonyl (C=O) groups excluding carboxylic acids is 2. The number of esters is 1. The Morgan fingerprint density at radius 2 is 1.92 bits per heavy atom. The Balaban J connectivity index is 1.67. The van der Waals surface area contributed by atoms with Crippen LogP contribution < -0.4 is 10.2 Å². The SMILES string of the molecule is CCOC(=O)C1CC[NH+](CC(=O)NC[C@H](C)c2ccccc2)CC1. The second-order valence-corrected chi connectivity index (χ2v) is 6.57. The van der Waals surface area contributed by atoms with Crippen molar-refractivity contribution >= 4 is 11.9 Å². The molecule has 1 aliphatic heterocycles. The fraction of sp³-hybridized carbons (Fsp3) is 0.579. The van der Waals surface area contributed by atoms with E-state index in [4.69, 9.17) is 4.74 Å². The Labute approximate surface area is 144 Å². The molecule has 1 heterocycles. The van der Waals surface area contributed by atoms with E-state index < -0.39 is 0 Å². The summed E-state index contributed by atoms with van der Waals surface area (Å²) >= 11 is 0. The van der Waals surface area contributed by atoms with Crippen molar-refractivity contribution in [3.63, 3.8) is 0 Å². The second-order valence-electron chi connectivity index (χ2n) is 6.57. The molecule has 1 atom stereocenters. The molecule has 1 aromatic carbocycles. The van der Waals surface area contributed by atoms with Gasteiger partial charge in [0.1, 0.15) is 0 Å². The minimum Gasteiger partial charge on any atom is -0.466 e. The number of carbonyl (C=O) groups is 2. The molecule has 24 heavy (non-hydrogen) atoms. The molecule has 0 radical (unpaired) electrons. The zero-order valence-electron chi connectivity index (χ0n) is 14.7. The quantitative estimate of drug-likeness (QED) is 0.725. The minimum atomic E-state index is -0.0855. The molecule has 2 rings (SSSR count). The fourth-order valence-corrected chi connectivity index (χ4v) is 3.15. The third-order valence-corrected chi connectivity index (χ3v) is 4.70. The van der Waals surface area contributed by atoms with E-state index in [2.05, 4.69) is 24.4 Å². The van der Waals surface area contributed by atoms with Crippen LogP contribution in [0.15, 0.2) is 30.3 Å². The number of quaternary nitrogens is 1. The summed E-state index contributed by atoms with van der Waals surface area (Å²) in [4.78, 5) is 25.1. The van der Waals surface area contributed by atoms with Gasteiger partial charge in [0.25, 0.3) is 5.91 Å². The highest BCUT2D eigenvalue weighted by molar-refractivity contribution is 5.77. The lowest BCUT2D eigenvalue weighted by Crippen LogP contribution is -3.14. The van der Waals surface area contributed by atoms with Gasteiger partial charge in [-0.1, -0.05) is 37.3 Å². The predicted octanol–water partition coefficient (Wildman–Crippen LogP) is 0.764. The highest BCUT2D eigenvalue weighted by Gasteiger charge is 2.29. The summed E-state index contributed by atoms with van der Waals surface area (Å²) in [7, 11) is 0. The standard InChI is InChI=1S/C19H28N2O3/c1-3-24-19(23)17-9-11-21(12-10-17)14-18(22)20-13-15(2)16-7-5-4-6-8-16/h4-8,15,17H,3,9-14H2,1-2H3,(H,20,22)/p+1/t15-/m0/s1. The van der Waals surface area contributed by atoms with Crippen molar-refractivity contribution in [3.8, 4) is 0 Å². The Kier molecular flexibility index (Phi) is 7.25. The maximum absolute atomic E-state index is 12.1. The van der Waals surface area contributed by atoms with Crippen molar-refractivity contribution in [3.05, 3.63) is 35.9 Å². The molecule has 5 heteroatoms. The number of hydrogen-bond donors (Lipinski definition) is 2. The molecule has 1 aromatic rings. The average Bonchev–Trinajstić information content (AvgIpc) is 2.61. The molecule has 0 spiro atoms. The zero-order chi connectivity index (χ0) is 17.4. The van der Waals surface area contributed by atoms with Crippen LogP contribution in [0.5, 0.6) is 0 Å².